The summed E-state index contributed by atoms with van der Waals surface area (Å²) in [6.07, 6.45) is 2.79. The Morgan fingerprint density at radius 3 is 2.58 bits per heavy atom. The Morgan fingerprint density at radius 1 is 1.02 bits per heavy atom. The van der Waals surface area contributed by atoms with Crippen LogP contribution in [0.5, 0.6) is 0 Å². The van der Waals surface area contributed by atoms with Crippen molar-refractivity contribution < 1.29 is 23.6 Å². The predicted octanol–water partition coefficient (Wildman–Crippen LogP) is 3.60. The molecular weight excluding hydrogens is 557 g/mol. The molecule has 210 valence electrons. The van der Waals surface area contributed by atoms with Crippen molar-refractivity contribution in [2.24, 2.45) is 0 Å². The number of hydrogen-bond acceptors (Lipinski definition) is 6. The van der Waals surface area contributed by atoms with Gasteiger partial charge in [0.05, 0.1) is 15.6 Å². The molecule has 4 N–H and O–H groups in total. The second-order valence-electron chi connectivity index (χ2n) is 9.43. The van der Waals surface area contributed by atoms with Gasteiger partial charge in [-0.1, -0.05) is 59.6 Å². The van der Waals surface area contributed by atoms with Crippen LogP contribution in [0.15, 0.2) is 59.2 Å². The summed E-state index contributed by atoms with van der Waals surface area (Å²) in [5, 5.41) is 11.4. The Morgan fingerprint density at radius 2 is 1.80 bits per heavy atom. The van der Waals surface area contributed by atoms with Crippen LogP contribution >= 0.6 is 23.2 Å². The summed E-state index contributed by atoms with van der Waals surface area (Å²) in [5.41, 5.74) is 0.990. The number of halogens is 2. The number of carbonyl (C=O) groups excluding carboxylic acids is 4. The Bertz CT molecular complexity index is 1380. The first-order chi connectivity index (χ1) is 19.2. The second-order valence-corrected chi connectivity index (χ2v) is 10.2. The zero-order valence-corrected chi connectivity index (χ0v) is 23.2. The van der Waals surface area contributed by atoms with E-state index in [2.05, 4.69) is 26.3 Å². The molecule has 0 fully saturated rings. The molecule has 1 aliphatic heterocycles. The number of oxazole rings is 1. The fourth-order valence-electron chi connectivity index (χ4n) is 4.25. The molecule has 2 heterocycles. The number of carbonyl (C=O) groups is 4. The molecule has 4 rings (SSSR count). The van der Waals surface area contributed by atoms with Crippen LogP contribution in [0.25, 0.3) is 0 Å². The van der Waals surface area contributed by atoms with Gasteiger partial charge in [-0.05, 0) is 43.9 Å². The molecule has 0 saturated carbocycles. The van der Waals surface area contributed by atoms with Gasteiger partial charge in [0.1, 0.15) is 24.4 Å². The van der Waals surface area contributed by atoms with Gasteiger partial charge < -0.3 is 25.7 Å². The smallest absolute Gasteiger partial charge is 0.273 e. The second kappa shape index (κ2) is 13.5. The molecule has 4 amide bonds. The van der Waals surface area contributed by atoms with E-state index in [1.165, 1.54) is 12.3 Å². The molecule has 0 saturated heterocycles. The highest BCUT2D eigenvalue weighted by atomic mass is 35.5. The molecule has 1 aliphatic rings. The molecule has 0 radical (unpaired) electrons. The average molecular weight is 586 g/mol. The first kappa shape index (κ1) is 29.1. The van der Waals surface area contributed by atoms with Crippen LogP contribution in [0.4, 0.5) is 0 Å². The molecule has 0 spiro atoms. The van der Waals surface area contributed by atoms with Crippen LogP contribution in [-0.2, 0) is 16.0 Å². The van der Waals surface area contributed by atoms with Crippen molar-refractivity contribution in [3.63, 3.8) is 0 Å². The maximum atomic E-state index is 13.2. The van der Waals surface area contributed by atoms with Crippen LogP contribution in [0.2, 0.25) is 10.0 Å². The minimum atomic E-state index is -0.919. The summed E-state index contributed by atoms with van der Waals surface area (Å²) in [5.74, 6) is -1.86. The zero-order chi connectivity index (χ0) is 28.6. The number of benzene rings is 2. The molecule has 12 heteroatoms. The molecule has 2 bridgehead atoms. The lowest BCUT2D eigenvalue weighted by Gasteiger charge is -2.21. The third-order valence-corrected chi connectivity index (χ3v) is 7.24. The van der Waals surface area contributed by atoms with Crippen molar-refractivity contribution in [1.29, 1.82) is 0 Å². The first-order valence-electron chi connectivity index (χ1n) is 12.9. The summed E-state index contributed by atoms with van der Waals surface area (Å²) in [6, 6.07) is 11.5. The quantitative estimate of drug-likeness (QED) is 0.368. The summed E-state index contributed by atoms with van der Waals surface area (Å²) in [7, 11) is 0. The maximum absolute atomic E-state index is 13.2. The van der Waals surface area contributed by atoms with Crippen molar-refractivity contribution >= 4 is 46.8 Å². The van der Waals surface area contributed by atoms with Crippen molar-refractivity contribution in [2.45, 2.75) is 50.7 Å². The summed E-state index contributed by atoms with van der Waals surface area (Å²) in [6.45, 7) is 1.96. The Kier molecular flexibility index (Phi) is 9.79. The molecular formula is C28H29Cl2N5O5. The standard InChI is InChI=1S/C28H29Cl2N5O5/c1-16-28-35-22(15-40-28)27(39)34-21(14-17-8-3-2-4-9-17)25(37)31-13-6-5-12-20(26(38)32-16)33-24(36)18-10-7-11-19(29)23(18)30/h2-4,7-11,15-16,20-21H,5-6,12-14H2,1H3,(H,31,37)(H,32,38)(H,33,36)(H,34,39)/t16-,20-,21-/m0/s1. The van der Waals surface area contributed by atoms with Crippen LogP contribution in [0, 0.1) is 0 Å². The molecule has 2 aromatic carbocycles. The minimum absolute atomic E-state index is 0.0329. The maximum Gasteiger partial charge on any atom is 0.273 e. The summed E-state index contributed by atoms with van der Waals surface area (Å²) < 4.78 is 5.46. The first-order valence-corrected chi connectivity index (χ1v) is 13.6. The number of fused-ring (bicyclic) bond motifs is 2. The molecule has 3 aromatic rings. The van der Waals surface area contributed by atoms with Gasteiger partial charge in [-0.15, -0.1) is 0 Å². The van der Waals surface area contributed by atoms with Crippen LogP contribution in [0.1, 0.15) is 64.5 Å². The Balaban J connectivity index is 1.53. The van der Waals surface area contributed by atoms with Gasteiger partial charge in [0.2, 0.25) is 17.7 Å². The van der Waals surface area contributed by atoms with Gasteiger partial charge in [-0.25, -0.2) is 4.98 Å². The molecule has 0 aliphatic carbocycles. The third kappa shape index (κ3) is 7.40. The van der Waals surface area contributed by atoms with E-state index in [0.29, 0.717) is 25.8 Å². The normalized spacial score (nSPS) is 20.7. The Hall–Kier alpha value is -3.89. The van der Waals surface area contributed by atoms with Gasteiger partial charge in [-0.3, -0.25) is 19.2 Å². The monoisotopic (exact) mass is 585 g/mol. The summed E-state index contributed by atoms with van der Waals surface area (Å²) in [4.78, 5) is 56.3. The highest BCUT2D eigenvalue weighted by Gasteiger charge is 2.28. The van der Waals surface area contributed by atoms with Gasteiger partial charge in [0, 0.05) is 13.0 Å². The van der Waals surface area contributed by atoms with Gasteiger partial charge in [-0.2, -0.15) is 0 Å². The fourth-order valence-corrected chi connectivity index (χ4v) is 4.64. The van der Waals surface area contributed by atoms with Crippen LogP contribution in [-0.4, -0.2) is 47.2 Å². The van der Waals surface area contributed by atoms with Crippen molar-refractivity contribution in [1.82, 2.24) is 26.3 Å². The van der Waals surface area contributed by atoms with E-state index in [1.807, 2.05) is 30.3 Å². The summed E-state index contributed by atoms with van der Waals surface area (Å²) >= 11 is 12.3. The van der Waals surface area contributed by atoms with Crippen LogP contribution < -0.4 is 21.3 Å². The van der Waals surface area contributed by atoms with E-state index in [0.717, 1.165) is 5.56 Å². The third-order valence-electron chi connectivity index (χ3n) is 6.43. The molecule has 1 aromatic heterocycles. The van der Waals surface area contributed by atoms with E-state index in [4.69, 9.17) is 27.6 Å². The number of hydrogen-bond donors (Lipinski definition) is 4. The number of nitrogens with zero attached hydrogens (tertiary/aromatic N) is 1. The van der Waals surface area contributed by atoms with E-state index < -0.39 is 35.8 Å². The number of amides is 4. The predicted molar refractivity (Wildman–Crippen MR) is 149 cm³/mol. The van der Waals surface area contributed by atoms with Crippen molar-refractivity contribution in [3.05, 3.63) is 87.6 Å². The zero-order valence-electron chi connectivity index (χ0n) is 21.7. The van der Waals surface area contributed by atoms with Gasteiger partial charge in [0.15, 0.2) is 5.69 Å². The van der Waals surface area contributed by atoms with Gasteiger partial charge in [0.25, 0.3) is 11.8 Å². The van der Waals surface area contributed by atoms with Crippen molar-refractivity contribution in [2.75, 3.05) is 6.54 Å². The Labute approximate surface area is 241 Å². The minimum Gasteiger partial charge on any atom is -0.446 e. The van der Waals surface area contributed by atoms with Crippen LogP contribution in [0.3, 0.4) is 0 Å². The highest BCUT2D eigenvalue weighted by molar-refractivity contribution is 6.43. The van der Waals surface area contributed by atoms with Crippen molar-refractivity contribution in [3.8, 4) is 0 Å². The highest BCUT2D eigenvalue weighted by Crippen LogP contribution is 2.25. The molecule has 10 nitrogen and oxygen atoms in total. The van der Waals surface area contributed by atoms with E-state index in [1.54, 1.807) is 19.1 Å². The largest absolute Gasteiger partial charge is 0.446 e. The van der Waals surface area contributed by atoms with E-state index in [-0.39, 0.29) is 39.5 Å². The lowest BCUT2D eigenvalue weighted by molar-refractivity contribution is -0.124. The molecule has 40 heavy (non-hydrogen) atoms. The number of aromatic nitrogens is 1. The SMILES string of the molecule is C[C@@H]1NC(=O)[C@@H](NC(=O)c2cccc(Cl)c2Cl)CCCCNC(=O)[C@H](Cc2ccccc2)NC(=O)c2coc1n2. The lowest BCUT2D eigenvalue weighted by Crippen LogP contribution is -2.49. The number of nitrogens with one attached hydrogen (secondary N) is 4. The van der Waals surface area contributed by atoms with E-state index in [9.17, 15) is 19.2 Å². The topological polar surface area (TPSA) is 142 Å². The molecule has 0 unspecified atom stereocenters. The fraction of sp³-hybridized carbons (Fsp3) is 0.321. The molecule has 3 atom stereocenters. The number of rotatable bonds is 4. The average Bonchev–Trinajstić information content (AvgIpc) is 3.44. The lowest BCUT2D eigenvalue weighted by atomic mass is 10.0. The van der Waals surface area contributed by atoms with E-state index >= 15 is 0 Å². The van der Waals surface area contributed by atoms with Gasteiger partial charge >= 0.3 is 0 Å².